The normalized spacial score (nSPS) is 18.0. The molecule has 2 rings (SSSR count). The molecule has 1 heterocycles. The molecule has 6 nitrogen and oxygen atoms in total. The second kappa shape index (κ2) is 4.52. The molecular formula is C10H5Cl2NO5S. The van der Waals surface area contributed by atoms with Crippen molar-refractivity contribution in [1.82, 2.24) is 0 Å². The predicted molar refractivity (Wildman–Crippen MR) is 68.5 cm³/mol. The highest BCUT2D eigenvalue weighted by atomic mass is 35.5. The maximum atomic E-state index is 11.8. The summed E-state index contributed by atoms with van der Waals surface area (Å²) in [4.78, 5) is 22.4. The Hall–Kier alpha value is -1.57. The summed E-state index contributed by atoms with van der Waals surface area (Å²) in [6.07, 6.45) is 0. The lowest BCUT2D eigenvalue weighted by atomic mass is 10.2. The lowest BCUT2D eigenvalue weighted by molar-refractivity contribution is -0.113. The molecule has 19 heavy (non-hydrogen) atoms. The average Bonchev–Trinajstić information content (AvgIpc) is 2.50. The first-order valence-electron chi connectivity index (χ1n) is 4.75. The van der Waals surface area contributed by atoms with Crippen molar-refractivity contribution in [3.8, 4) is 0 Å². The molecule has 100 valence electrons. The number of carboxylic acids is 1. The highest BCUT2D eigenvalue weighted by Crippen LogP contribution is 2.36. The van der Waals surface area contributed by atoms with E-state index in [4.69, 9.17) is 28.3 Å². The van der Waals surface area contributed by atoms with Crippen LogP contribution in [0.3, 0.4) is 0 Å². The number of rotatable bonds is 2. The molecule has 0 saturated carbocycles. The van der Waals surface area contributed by atoms with Gasteiger partial charge in [0.2, 0.25) is 0 Å². The molecule has 1 aromatic carbocycles. The SMILES string of the molecule is O=C(O)c1ccc(N2C(=O)C(Cl)=C(Cl)S2(=O)=O)cc1. The molecule has 0 radical (unpaired) electrons. The van der Waals surface area contributed by atoms with E-state index in [1.807, 2.05) is 0 Å². The maximum absolute atomic E-state index is 11.8. The second-order valence-corrected chi connectivity index (χ2v) is 6.22. The Balaban J connectivity index is 2.50. The Labute approximate surface area is 117 Å². The molecule has 0 spiro atoms. The average molecular weight is 322 g/mol. The van der Waals surface area contributed by atoms with Gasteiger partial charge in [-0.05, 0) is 24.3 Å². The van der Waals surface area contributed by atoms with Crippen molar-refractivity contribution in [3.05, 3.63) is 39.2 Å². The molecule has 1 aromatic rings. The molecule has 0 aromatic heterocycles. The number of hydrogen-bond acceptors (Lipinski definition) is 4. The third-order valence-electron chi connectivity index (χ3n) is 2.36. The molecule has 0 saturated heterocycles. The van der Waals surface area contributed by atoms with Gasteiger partial charge in [0.15, 0.2) is 4.36 Å². The molecule has 0 aliphatic carbocycles. The largest absolute Gasteiger partial charge is 0.478 e. The number of nitrogens with zero attached hydrogens (tertiary/aromatic N) is 1. The summed E-state index contributed by atoms with van der Waals surface area (Å²) in [5, 5.41) is 8.14. The van der Waals surface area contributed by atoms with Gasteiger partial charge in [0.05, 0.1) is 11.3 Å². The van der Waals surface area contributed by atoms with Crippen molar-refractivity contribution >= 4 is 50.8 Å². The van der Waals surface area contributed by atoms with Crippen LogP contribution in [-0.4, -0.2) is 25.4 Å². The minimum Gasteiger partial charge on any atom is -0.478 e. The van der Waals surface area contributed by atoms with Crippen molar-refractivity contribution in [1.29, 1.82) is 0 Å². The van der Waals surface area contributed by atoms with Gasteiger partial charge in [-0.2, -0.15) is 12.7 Å². The lowest BCUT2D eigenvalue weighted by Crippen LogP contribution is -2.30. The zero-order valence-electron chi connectivity index (χ0n) is 9.00. The van der Waals surface area contributed by atoms with Crippen LogP contribution in [0.25, 0.3) is 0 Å². The van der Waals surface area contributed by atoms with E-state index < -0.39 is 31.3 Å². The molecular weight excluding hydrogens is 317 g/mol. The first-order chi connectivity index (χ1) is 8.76. The minimum atomic E-state index is -4.20. The van der Waals surface area contributed by atoms with Gasteiger partial charge in [-0.25, -0.2) is 4.79 Å². The molecule has 0 atom stereocenters. The summed E-state index contributed by atoms with van der Waals surface area (Å²) < 4.78 is 23.4. The number of sulfonamides is 1. The number of hydrogen-bond donors (Lipinski definition) is 1. The highest BCUT2D eigenvalue weighted by Gasteiger charge is 2.43. The Morgan fingerprint density at radius 3 is 2.05 bits per heavy atom. The number of halogens is 2. The monoisotopic (exact) mass is 321 g/mol. The fourth-order valence-electron chi connectivity index (χ4n) is 1.47. The standard InChI is InChI=1S/C10H5Cl2NO5S/c11-7-8(12)19(17,18)13(9(7)14)6-3-1-5(2-4-6)10(15)16/h1-4H,(H,15,16). The summed E-state index contributed by atoms with van der Waals surface area (Å²) in [5.41, 5.74) is -0.0817. The summed E-state index contributed by atoms with van der Waals surface area (Å²) in [6.45, 7) is 0. The van der Waals surface area contributed by atoms with Crippen molar-refractivity contribution in [2.24, 2.45) is 0 Å². The number of carboxylic acid groups (broad SMARTS) is 1. The molecule has 9 heteroatoms. The van der Waals surface area contributed by atoms with Crippen LogP contribution in [0.5, 0.6) is 0 Å². The van der Waals surface area contributed by atoms with Crippen LogP contribution >= 0.6 is 23.2 Å². The number of benzene rings is 1. The first-order valence-corrected chi connectivity index (χ1v) is 6.94. The van der Waals surface area contributed by atoms with Crippen LogP contribution in [-0.2, 0) is 14.8 Å². The highest BCUT2D eigenvalue weighted by molar-refractivity contribution is 7.99. The van der Waals surface area contributed by atoms with Crippen LogP contribution in [0.15, 0.2) is 33.7 Å². The summed E-state index contributed by atoms with van der Waals surface area (Å²) in [5.74, 6) is -2.15. The fourth-order valence-corrected chi connectivity index (χ4v) is 3.37. The number of carbonyl (C=O) groups excluding carboxylic acids is 1. The third-order valence-corrected chi connectivity index (χ3v) is 5.21. The van der Waals surface area contributed by atoms with E-state index in [-0.39, 0.29) is 11.3 Å². The van der Waals surface area contributed by atoms with Crippen molar-refractivity contribution < 1.29 is 23.1 Å². The number of amides is 1. The Bertz CT molecular complexity index is 708. The van der Waals surface area contributed by atoms with Gasteiger partial charge in [-0.1, -0.05) is 23.2 Å². The molecule has 1 amide bonds. The van der Waals surface area contributed by atoms with E-state index in [1.54, 1.807) is 0 Å². The van der Waals surface area contributed by atoms with E-state index in [0.29, 0.717) is 4.31 Å². The smallest absolute Gasteiger partial charge is 0.335 e. The minimum absolute atomic E-state index is 0.0381. The van der Waals surface area contributed by atoms with Crippen LogP contribution < -0.4 is 4.31 Å². The molecule has 0 bridgehead atoms. The van der Waals surface area contributed by atoms with Gasteiger partial charge in [0.1, 0.15) is 5.03 Å². The molecule has 0 unspecified atom stereocenters. The molecule has 0 fully saturated rings. The van der Waals surface area contributed by atoms with Crippen LogP contribution in [0, 0.1) is 0 Å². The van der Waals surface area contributed by atoms with E-state index >= 15 is 0 Å². The van der Waals surface area contributed by atoms with E-state index in [0.717, 1.165) is 0 Å². The van der Waals surface area contributed by atoms with Gasteiger partial charge in [-0.3, -0.25) is 4.79 Å². The van der Waals surface area contributed by atoms with Gasteiger partial charge < -0.3 is 5.11 Å². The lowest BCUT2D eigenvalue weighted by Gasteiger charge is -2.15. The Morgan fingerprint density at radius 2 is 1.68 bits per heavy atom. The first kappa shape index (κ1) is 13.9. The van der Waals surface area contributed by atoms with Crippen LogP contribution in [0.4, 0.5) is 5.69 Å². The van der Waals surface area contributed by atoms with Gasteiger partial charge >= 0.3 is 5.97 Å². The Morgan fingerprint density at radius 1 is 1.16 bits per heavy atom. The van der Waals surface area contributed by atoms with E-state index in [9.17, 15) is 18.0 Å². The Kier molecular flexibility index (Phi) is 3.29. The van der Waals surface area contributed by atoms with Gasteiger partial charge in [-0.15, -0.1) is 0 Å². The number of carbonyl (C=O) groups is 2. The maximum Gasteiger partial charge on any atom is 0.335 e. The predicted octanol–water partition coefficient (Wildman–Crippen LogP) is 1.71. The summed E-state index contributed by atoms with van der Waals surface area (Å²) in [7, 11) is -4.20. The molecule has 1 aliphatic rings. The van der Waals surface area contributed by atoms with Crippen LogP contribution in [0.1, 0.15) is 10.4 Å². The van der Waals surface area contributed by atoms with Gasteiger partial charge in [0.25, 0.3) is 15.9 Å². The topological polar surface area (TPSA) is 91.8 Å². The third kappa shape index (κ3) is 2.09. The second-order valence-electron chi connectivity index (χ2n) is 3.51. The zero-order chi connectivity index (χ0) is 14.4. The van der Waals surface area contributed by atoms with Crippen molar-refractivity contribution in [2.75, 3.05) is 4.31 Å². The fraction of sp³-hybridized carbons (Fsp3) is 0. The molecule has 1 aliphatic heterocycles. The molecule has 1 N–H and O–H groups in total. The number of anilines is 1. The van der Waals surface area contributed by atoms with Gasteiger partial charge in [0, 0.05) is 0 Å². The quantitative estimate of drug-likeness (QED) is 0.895. The zero-order valence-corrected chi connectivity index (χ0v) is 11.3. The van der Waals surface area contributed by atoms with E-state index in [2.05, 4.69) is 0 Å². The van der Waals surface area contributed by atoms with Crippen molar-refractivity contribution in [2.45, 2.75) is 0 Å². The van der Waals surface area contributed by atoms with E-state index in [1.165, 1.54) is 24.3 Å². The van der Waals surface area contributed by atoms with Crippen LogP contribution in [0.2, 0.25) is 0 Å². The summed E-state index contributed by atoms with van der Waals surface area (Å²) in [6, 6.07) is 4.69. The summed E-state index contributed by atoms with van der Waals surface area (Å²) >= 11 is 11.0. The van der Waals surface area contributed by atoms with Crippen molar-refractivity contribution in [3.63, 3.8) is 0 Å². The number of aromatic carboxylic acids is 1.